The molecule has 0 saturated heterocycles. The van der Waals surface area contributed by atoms with Crippen LogP contribution in [0.15, 0.2) is 58.8 Å². The van der Waals surface area contributed by atoms with Crippen molar-refractivity contribution in [2.24, 2.45) is 5.10 Å². The molecule has 0 amide bonds. The van der Waals surface area contributed by atoms with Crippen molar-refractivity contribution in [1.82, 2.24) is 20.2 Å². The molecule has 124 valence electrons. The minimum absolute atomic E-state index is 0.101. The van der Waals surface area contributed by atoms with Crippen molar-refractivity contribution < 1.29 is 0 Å². The van der Waals surface area contributed by atoms with Crippen LogP contribution in [0.3, 0.4) is 0 Å². The Balaban J connectivity index is 1.45. The Morgan fingerprint density at radius 1 is 1.08 bits per heavy atom. The summed E-state index contributed by atoms with van der Waals surface area (Å²) in [5, 5.41) is 11.0. The average molecular weight is 368 g/mol. The summed E-state index contributed by atoms with van der Waals surface area (Å²) in [5.41, 5.74) is 6.63. The van der Waals surface area contributed by atoms with Crippen LogP contribution in [-0.2, 0) is 0 Å². The second-order valence-electron chi connectivity index (χ2n) is 6.16. The lowest BCUT2D eigenvalue weighted by Gasteiger charge is -2.15. The summed E-state index contributed by atoms with van der Waals surface area (Å²) in [4.78, 5) is 4.70. The standard InChI is InChI=1S/C18H14ClN5S/c1-10-2-4-12(5-3-10)16-20-18-24(23-16)17-15(25-18)14(21-22-17)11-6-8-13(19)9-7-11/h2-9,14-15,21H,1H3. The van der Waals surface area contributed by atoms with Crippen LogP contribution in [0.1, 0.15) is 17.2 Å². The first kappa shape index (κ1) is 15.0. The van der Waals surface area contributed by atoms with E-state index < -0.39 is 0 Å². The highest BCUT2D eigenvalue weighted by Gasteiger charge is 2.42. The lowest BCUT2D eigenvalue weighted by Crippen LogP contribution is -2.23. The summed E-state index contributed by atoms with van der Waals surface area (Å²) in [5.74, 6) is 1.64. The third-order valence-electron chi connectivity index (χ3n) is 4.44. The summed E-state index contributed by atoms with van der Waals surface area (Å²) in [6.07, 6.45) is 0. The molecule has 0 fully saturated rings. The van der Waals surface area contributed by atoms with Gasteiger partial charge in [-0.2, -0.15) is 9.78 Å². The highest BCUT2D eigenvalue weighted by molar-refractivity contribution is 8.01. The monoisotopic (exact) mass is 367 g/mol. The molecule has 0 saturated carbocycles. The summed E-state index contributed by atoms with van der Waals surface area (Å²) in [6.45, 7) is 2.07. The average Bonchev–Trinajstić information content (AvgIpc) is 3.27. The van der Waals surface area contributed by atoms with Gasteiger partial charge in [0.1, 0.15) is 5.25 Å². The Hall–Kier alpha value is -2.31. The third kappa shape index (κ3) is 2.44. The molecule has 0 aliphatic carbocycles. The number of hydrazone groups is 1. The van der Waals surface area contributed by atoms with Crippen LogP contribution in [0.2, 0.25) is 5.02 Å². The van der Waals surface area contributed by atoms with Gasteiger partial charge in [-0.25, -0.2) is 4.98 Å². The van der Waals surface area contributed by atoms with E-state index in [0.717, 1.165) is 33.0 Å². The number of fused-ring (bicyclic) bond motifs is 3. The lowest BCUT2D eigenvalue weighted by atomic mass is 10.0. The zero-order valence-electron chi connectivity index (χ0n) is 13.3. The predicted octanol–water partition coefficient (Wildman–Crippen LogP) is 3.89. The Kier molecular flexibility index (Phi) is 3.36. The third-order valence-corrected chi connectivity index (χ3v) is 5.91. The SMILES string of the molecule is Cc1ccc(-c2nc3n(n2)C2=NNC(c4ccc(Cl)cc4)C2S3)cc1. The van der Waals surface area contributed by atoms with Crippen molar-refractivity contribution in [1.29, 1.82) is 0 Å². The smallest absolute Gasteiger partial charge is 0.193 e. The van der Waals surface area contributed by atoms with Crippen molar-refractivity contribution >= 4 is 29.2 Å². The van der Waals surface area contributed by atoms with E-state index in [1.807, 2.05) is 41.1 Å². The Morgan fingerprint density at radius 3 is 2.60 bits per heavy atom. The molecule has 0 radical (unpaired) electrons. The second kappa shape index (κ2) is 5.61. The predicted molar refractivity (Wildman–Crippen MR) is 100 cm³/mol. The normalized spacial score (nSPS) is 20.8. The highest BCUT2D eigenvalue weighted by atomic mass is 35.5. The summed E-state index contributed by atoms with van der Waals surface area (Å²) < 4.78 is 1.85. The first-order valence-corrected chi connectivity index (χ1v) is 9.24. The molecule has 25 heavy (non-hydrogen) atoms. The quantitative estimate of drug-likeness (QED) is 0.746. The number of rotatable bonds is 2. The van der Waals surface area contributed by atoms with Gasteiger partial charge in [0, 0.05) is 10.6 Å². The van der Waals surface area contributed by atoms with Gasteiger partial charge in [-0.3, -0.25) is 5.43 Å². The van der Waals surface area contributed by atoms with Crippen molar-refractivity contribution in [3.63, 3.8) is 0 Å². The van der Waals surface area contributed by atoms with Crippen LogP contribution in [0.4, 0.5) is 0 Å². The zero-order chi connectivity index (χ0) is 17.0. The maximum Gasteiger partial charge on any atom is 0.193 e. The summed E-state index contributed by atoms with van der Waals surface area (Å²) >= 11 is 7.69. The number of aryl methyl sites for hydroxylation is 1. The number of benzene rings is 2. The van der Waals surface area contributed by atoms with Crippen LogP contribution >= 0.6 is 23.4 Å². The van der Waals surface area contributed by atoms with Gasteiger partial charge >= 0.3 is 0 Å². The van der Waals surface area contributed by atoms with E-state index in [4.69, 9.17) is 16.6 Å². The van der Waals surface area contributed by atoms with Gasteiger partial charge < -0.3 is 0 Å². The molecule has 7 heteroatoms. The molecule has 3 heterocycles. The molecule has 2 aromatic carbocycles. The first-order valence-electron chi connectivity index (χ1n) is 7.99. The summed E-state index contributed by atoms with van der Waals surface area (Å²) in [7, 11) is 0. The van der Waals surface area contributed by atoms with E-state index >= 15 is 0 Å². The minimum Gasteiger partial charge on any atom is -0.299 e. The molecule has 2 atom stereocenters. The van der Waals surface area contributed by atoms with Crippen molar-refractivity contribution in [3.05, 3.63) is 64.7 Å². The van der Waals surface area contributed by atoms with Gasteiger partial charge in [0.25, 0.3) is 0 Å². The highest BCUT2D eigenvalue weighted by Crippen LogP contribution is 2.41. The number of nitrogens with one attached hydrogen (secondary N) is 1. The number of nitrogens with zero attached hydrogens (tertiary/aromatic N) is 4. The molecular weight excluding hydrogens is 354 g/mol. The van der Waals surface area contributed by atoms with E-state index in [-0.39, 0.29) is 11.3 Å². The number of thioether (sulfide) groups is 1. The molecular formula is C18H14ClN5S. The van der Waals surface area contributed by atoms with Gasteiger partial charge in [0.05, 0.1) is 6.04 Å². The lowest BCUT2D eigenvalue weighted by molar-refractivity contribution is 0.627. The Bertz CT molecular complexity index is 978. The van der Waals surface area contributed by atoms with Gasteiger partial charge in [-0.15, -0.1) is 5.10 Å². The molecule has 0 bridgehead atoms. The molecule has 2 aliphatic heterocycles. The van der Waals surface area contributed by atoms with Gasteiger partial charge in [-0.05, 0) is 24.6 Å². The number of hydrogen-bond donors (Lipinski definition) is 1. The van der Waals surface area contributed by atoms with Gasteiger partial charge in [0.2, 0.25) is 0 Å². The maximum absolute atomic E-state index is 5.99. The van der Waals surface area contributed by atoms with Crippen molar-refractivity contribution in [3.8, 4) is 11.4 Å². The molecule has 1 aromatic heterocycles. The molecule has 1 N–H and O–H groups in total. The fraction of sp³-hybridized carbons (Fsp3) is 0.167. The van der Waals surface area contributed by atoms with Gasteiger partial charge in [0.15, 0.2) is 16.8 Å². The first-order chi connectivity index (χ1) is 12.2. The number of hydrogen-bond acceptors (Lipinski definition) is 5. The van der Waals surface area contributed by atoms with Gasteiger partial charge in [-0.1, -0.05) is 65.3 Å². The topological polar surface area (TPSA) is 55.1 Å². The molecule has 2 unspecified atom stereocenters. The van der Waals surface area contributed by atoms with E-state index in [9.17, 15) is 0 Å². The number of halogens is 1. The molecule has 0 spiro atoms. The van der Waals surface area contributed by atoms with Crippen LogP contribution in [0.5, 0.6) is 0 Å². The van der Waals surface area contributed by atoms with Crippen LogP contribution in [0, 0.1) is 6.92 Å². The van der Waals surface area contributed by atoms with Crippen LogP contribution in [0.25, 0.3) is 11.4 Å². The maximum atomic E-state index is 5.99. The fourth-order valence-corrected chi connectivity index (χ4v) is 4.42. The molecule has 5 rings (SSSR count). The van der Waals surface area contributed by atoms with Crippen LogP contribution in [-0.4, -0.2) is 25.9 Å². The minimum atomic E-state index is 0.101. The molecule has 3 aromatic rings. The molecule has 2 aliphatic rings. The van der Waals surface area contributed by atoms with Crippen molar-refractivity contribution in [2.45, 2.75) is 23.4 Å². The largest absolute Gasteiger partial charge is 0.299 e. The zero-order valence-corrected chi connectivity index (χ0v) is 14.9. The van der Waals surface area contributed by atoms with E-state index in [0.29, 0.717) is 0 Å². The second-order valence-corrected chi connectivity index (χ2v) is 7.71. The summed E-state index contributed by atoms with van der Waals surface area (Å²) in [6, 6.07) is 16.2. The Morgan fingerprint density at radius 2 is 1.84 bits per heavy atom. The number of aromatic nitrogens is 3. The van der Waals surface area contributed by atoms with E-state index in [2.05, 4.69) is 34.7 Å². The van der Waals surface area contributed by atoms with E-state index in [1.54, 1.807) is 11.8 Å². The van der Waals surface area contributed by atoms with Crippen molar-refractivity contribution in [2.75, 3.05) is 0 Å². The Labute approximate surface area is 154 Å². The van der Waals surface area contributed by atoms with Crippen LogP contribution < -0.4 is 5.43 Å². The molecule has 5 nitrogen and oxygen atoms in total. The fourth-order valence-electron chi connectivity index (χ4n) is 3.09. The van der Waals surface area contributed by atoms with E-state index in [1.165, 1.54) is 5.56 Å².